The monoisotopic (exact) mass is 191 g/mol. The summed E-state index contributed by atoms with van der Waals surface area (Å²) in [5.41, 5.74) is 1.98. The van der Waals surface area contributed by atoms with Crippen LogP contribution in [-0.2, 0) is 6.42 Å². The van der Waals surface area contributed by atoms with Gasteiger partial charge in [0.15, 0.2) is 0 Å². The van der Waals surface area contributed by atoms with Crippen LogP contribution in [0.3, 0.4) is 0 Å². The number of furan rings is 1. The molecule has 3 rings (SSSR count). The molecule has 1 fully saturated rings. The van der Waals surface area contributed by atoms with E-state index in [9.17, 15) is 0 Å². The van der Waals surface area contributed by atoms with Crippen LogP contribution in [0.4, 0.5) is 0 Å². The first kappa shape index (κ1) is 8.54. The van der Waals surface area contributed by atoms with Crippen LogP contribution in [0.25, 0.3) is 0 Å². The van der Waals surface area contributed by atoms with Crippen LogP contribution in [0, 0.1) is 5.41 Å². The van der Waals surface area contributed by atoms with Crippen molar-refractivity contribution in [3.8, 4) is 0 Å². The van der Waals surface area contributed by atoms with Gasteiger partial charge in [-0.05, 0) is 30.7 Å². The third kappa shape index (κ3) is 1.07. The molecule has 0 bridgehead atoms. The van der Waals surface area contributed by atoms with Crippen molar-refractivity contribution in [1.82, 2.24) is 5.32 Å². The molecule has 1 N–H and O–H groups in total. The summed E-state index contributed by atoms with van der Waals surface area (Å²) in [6.45, 7) is 3.38. The molecule has 0 spiro atoms. The summed E-state index contributed by atoms with van der Waals surface area (Å²) in [5, 5.41) is 3.66. The number of fused-ring (bicyclic) bond motifs is 1. The molecule has 0 saturated heterocycles. The number of hydrogen-bond acceptors (Lipinski definition) is 2. The predicted molar refractivity (Wildman–Crippen MR) is 55.1 cm³/mol. The molecule has 1 saturated carbocycles. The van der Waals surface area contributed by atoms with E-state index in [1.165, 1.54) is 30.6 Å². The van der Waals surface area contributed by atoms with Crippen LogP contribution in [0.1, 0.15) is 43.6 Å². The van der Waals surface area contributed by atoms with E-state index in [0.717, 1.165) is 13.0 Å². The van der Waals surface area contributed by atoms with Crippen molar-refractivity contribution in [3.63, 3.8) is 0 Å². The molecule has 1 atom stereocenters. The van der Waals surface area contributed by atoms with Crippen molar-refractivity contribution in [1.29, 1.82) is 0 Å². The average molecular weight is 191 g/mol. The lowest BCUT2D eigenvalue weighted by molar-refractivity contribution is 0.303. The lowest BCUT2D eigenvalue weighted by Gasteiger charge is -2.30. The molecule has 0 aromatic carbocycles. The van der Waals surface area contributed by atoms with Gasteiger partial charge in [-0.2, -0.15) is 0 Å². The van der Waals surface area contributed by atoms with Gasteiger partial charge in [-0.1, -0.05) is 6.92 Å². The van der Waals surface area contributed by atoms with E-state index >= 15 is 0 Å². The summed E-state index contributed by atoms with van der Waals surface area (Å²) in [6, 6.07) is 2.72. The zero-order valence-electron chi connectivity index (χ0n) is 8.68. The van der Waals surface area contributed by atoms with Gasteiger partial charge in [0.05, 0.1) is 6.26 Å². The Morgan fingerprint density at radius 2 is 2.43 bits per heavy atom. The minimum Gasteiger partial charge on any atom is -0.469 e. The minimum absolute atomic E-state index is 0.555. The molecule has 1 aliphatic heterocycles. The number of hydrogen-bond donors (Lipinski definition) is 1. The highest BCUT2D eigenvalue weighted by atomic mass is 16.3. The number of nitrogens with one attached hydrogen (secondary N) is 1. The largest absolute Gasteiger partial charge is 0.469 e. The molecule has 1 aromatic rings. The van der Waals surface area contributed by atoms with Gasteiger partial charge in [0, 0.05) is 24.6 Å². The topological polar surface area (TPSA) is 25.2 Å². The first-order valence-electron chi connectivity index (χ1n) is 5.65. The Bertz CT molecular complexity index is 338. The van der Waals surface area contributed by atoms with Gasteiger partial charge in [-0.3, -0.25) is 0 Å². The van der Waals surface area contributed by atoms with Gasteiger partial charge >= 0.3 is 0 Å². The molecule has 2 heteroatoms. The van der Waals surface area contributed by atoms with Crippen molar-refractivity contribution in [2.24, 2.45) is 5.41 Å². The molecule has 1 unspecified atom stereocenters. The second-order valence-electron chi connectivity index (χ2n) is 4.65. The van der Waals surface area contributed by atoms with Gasteiger partial charge in [0.1, 0.15) is 5.76 Å². The molecule has 2 heterocycles. The molecule has 1 aromatic heterocycles. The van der Waals surface area contributed by atoms with E-state index in [1.54, 1.807) is 0 Å². The van der Waals surface area contributed by atoms with Gasteiger partial charge < -0.3 is 9.73 Å². The van der Waals surface area contributed by atoms with Crippen molar-refractivity contribution in [2.45, 2.75) is 38.6 Å². The van der Waals surface area contributed by atoms with E-state index < -0.39 is 0 Å². The van der Waals surface area contributed by atoms with Crippen molar-refractivity contribution in [3.05, 3.63) is 23.7 Å². The summed E-state index contributed by atoms with van der Waals surface area (Å²) < 4.78 is 5.51. The van der Waals surface area contributed by atoms with Crippen molar-refractivity contribution in [2.75, 3.05) is 6.54 Å². The van der Waals surface area contributed by atoms with Crippen LogP contribution in [0.5, 0.6) is 0 Å². The van der Waals surface area contributed by atoms with E-state index in [2.05, 4.69) is 18.3 Å². The molecule has 0 amide bonds. The maximum absolute atomic E-state index is 5.51. The van der Waals surface area contributed by atoms with E-state index in [4.69, 9.17) is 4.42 Å². The second kappa shape index (κ2) is 2.86. The van der Waals surface area contributed by atoms with Gasteiger partial charge in [0.25, 0.3) is 0 Å². The van der Waals surface area contributed by atoms with E-state index in [0.29, 0.717) is 11.5 Å². The Balaban J connectivity index is 1.96. The highest BCUT2D eigenvalue weighted by Gasteiger charge is 2.49. The molecule has 2 aliphatic rings. The molecule has 14 heavy (non-hydrogen) atoms. The third-order valence-electron chi connectivity index (χ3n) is 4.00. The minimum atomic E-state index is 0.555. The molecule has 2 nitrogen and oxygen atoms in total. The molecule has 76 valence electrons. The Kier molecular flexibility index (Phi) is 1.75. The van der Waals surface area contributed by atoms with Gasteiger partial charge in [0.2, 0.25) is 0 Å². The number of rotatable bonds is 2. The fourth-order valence-corrected chi connectivity index (χ4v) is 2.80. The third-order valence-corrected chi connectivity index (χ3v) is 4.00. The van der Waals surface area contributed by atoms with E-state index in [1.807, 2.05) is 6.26 Å². The first-order chi connectivity index (χ1) is 6.86. The summed E-state index contributed by atoms with van der Waals surface area (Å²) in [6.07, 6.45) is 6.95. The second-order valence-corrected chi connectivity index (χ2v) is 4.65. The summed E-state index contributed by atoms with van der Waals surface area (Å²) in [4.78, 5) is 0. The Hall–Kier alpha value is -0.760. The quantitative estimate of drug-likeness (QED) is 0.777. The van der Waals surface area contributed by atoms with Crippen molar-refractivity contribution >= 4 is 0 Å². The Morgan fingerprint density at radius 3 is 3.14 bits per heavy atom. The Labute approximate surface area is 84.7 Å². The van der Waals surface area contributed by atoms with Crippen LogP contribution in [0.2, 0.25) is 0 Å². The molecule has 1 aliphatic carbocycles. The first-order valence-corrected chi connectivity index (χ1v) is 5.65. The lowest BCUT2D eigenvalue weighted by atomic mass is 9.85. The van der Waals surface area contributed by atoms with Crippen molar-refractivity contribution < 1.29 is 4.42 Å². The SMILES string of the molecule is CCC1(C2NCCc3occc32)CC1. The maximum Gasteiger partial charge on any atom is 0.109 e. The lowest BCUT2D eigenvalue weighted by Crippen LogP contribution is -2.34. The fraction of sp³-hybridized carbons (Fsp3) is 0.667. The Morgan fingerprint density at radius 1 is 1.57 bits per heavy atom. The molecular weight excluding hydrogens is 174 g/mol. The fourth-order valence-electron chi connectivity index (χ4n) is 2.80. The standard InChI is InChI=1S/C12H17NO/c1-2-12(5-6-12)11-9-4-8-14-10(9)3-7-13-11/h4,8,11,13H,2-3,5-7H2,1H3. The summed E-state index contributed by atoms with van der Waals surface area (Å²) in [7, 11) is 0. The van der Waals surface area contributed by atoms with E-state index in [-0.39, 0.29) is 0 Å². The van der Waals surface area contributed by atoms with Crippen LogP contribution in [-0.4, -0.2) is 6.54 Å². The van der Waals surface area contributed by atoms with Crippen LogP contribution >= 0.6 is 0 Å². The van der Waals surface area contributed by atoms with Crippen LogP contribution in [0.15, 0.2) is 16.7 Å². The normalized spacial score (nSPS) is 28.5. The predicted octanol–water partition coefficient (Wildman–Crippen LogP) is 2.66. The van der Waals surface area contributed by atoms with Gasteiger partial charge in [-0.15, -0.1) is 0 Å². The zero-order chi connectivity index (χ0) is 9.60. The highest BCUT2D eigenvalue weighted by Crippen LogP contribution is 2.58. The zero-order valence-corrected chi connectivity index (χ0v) is 8.68. The smallest absolute Gasteiger partial charge is 0.109 e. The summed E-state index contributed by atoms with van der Waals surface area (Å²) in [5.74, 6) is 1.22. The van der Waals surface area contributed by atoms with Crippen LogP contribution < -0.4 is 5.32 Å². The maximum atomic E-state index is 5.51. The average Bonchev–Trinajstić information content (AvgIpc) is 2.87. The molecular formula is C12H17NO. The molecule has 0 radical (unpaired) electrons. The van der Waals surface area contributed by atoms with Gasteiger partial charge in [-0.25, -0.2) is 0 Å². The summed E-state index contributed by atoms with van der Waals surface area (Å²) >= 11 is 0. The highest BCUT2D eigenvalue weighted by molar-refractivity contribution is 5.28.